The van der Waals surface area contributed by atoms with E-state index in [1.54, 1.807) is 42.5 Å². The Morgan fingerprint density at radius 3 is 2.24 bits per heavy atom. The molecule has 1 aliphatic heterocycles. The highest BCUT2D eigenvalue weighted by Crippen LogP contribution is 2.24. The summed E-state index contributed by atoms with van der Waals surface area (Å²) in [6.07, 6.45) is 1.32. The maximum atomic E-state index is 13.6. The number of para-hydroxylation sites is 1. The van der Waals surface area contributed by atoms with Crippen LogP contribution in [0.4, 0.5) is 11.6 Å². The highest BCUT2D eigenvalue weighted by molar-refractivity contribution is 6.31. The van der Waals surface area contributed by atoms with Gasteiger partial charge in [0.05, 0.1) is 27.7 Å². The van der Waals surface area contributed by atoms with Gasteiger partial charge in [0.25, 0.3) is 17.4 Å². The minimum atomic E-state index is -0.274. The number of halogens is 1. The molecule has 0 radical (unpaired) electrons. The summed E-state index contributed by atoms with van der Waals surface area (Å²) in [5, 5.41) is 0.936. The van der Waals surface area contributed by atoms with Crippen molar-refractivity contribution in [1.29, 1.82) is 0 Å². The van der Waals surface area contributed by atoms with Gasteiger partial charge in [0.2, 0.25) is 5.95 Å². The molecule has 4 aromatic rings. The van der Waals surface area contributed by atoms with Gasteiger partial charge >= 0.3 is 0 Å². The predicted octanol–water partition coefficient (Wildman–Crippen LogP) is 4.83. The highest BCUT2D eigenvalue weighted by atomic mass is 35.5. The first-order valence-corrected chi connectivity index (χ1v) is 12.6. The first-order chi connectivity index (χ1) is 18.0. The van der Waals surface area contributed by atoms with Crippen LogP contribution in [-0.4, -0.2) is 46.0 Å². The molecule has 0 saturated carbocycles. The SMILES string of the molecule is CCCN(CCCN1C(=O)c2ccccc2C1=O)c1nc2cc(Cl)ccc2c(=O)n1Nc1ccccc1. The van der Waals surface area contributed by atoms with E-state index in [2.05, 4.69) is 5.43 Å². The van der Waals surface area contributed by atoms with Gasteiger partial charge in [-0.1, -0.05) is 48.9 Å². The van der Waals surface area contributed by atoms with Crippen molar-refractivity contribution in [1.82, 2.24) is 14.6 Å². The summed E-state index contributed by atoms with van der Waals surface area (Å²) in [4.78, 5) is 47.2. The van der Waals surface area contributed by atoms with Gasteiger partial charge in [-0.25, -0.2) is 4.98 Å². The van der Waals surface area contributed by atoms with Crippen LogP contribution in [0.25, 0.3) is 10.9 Å². The Bertz CT molecular complexity index is 1500. The van der Waals surface area contributed by atoms with E-state index in [9.17, 15) is 14.4 Å². The molecule has 5 rings (SSSR count). The third-order valence-electron chi connectivity index (χ3n) is 6.29. The lowest BCUT2D eigenvalue weighted by atomic mass is 10.1. The van der Waals surface area contributed by atoms with Gasteiger partial charge < -0.3 is 4.90 Å². The standard InChI is InChI=1S/C28H26ClN5O3/c1-2-15-32(16-8-17-33-25(35)21-11-6-7-12-22(21)26(33)36)28-30-24-18-19(29)13-14-23(24)27(37)34(28)31-20-9-4-3-5-10-20/h3-7,9-14,18,31H,2,8,15-17H2,1H3. The Kier molecular flexibility index (Phi) is 6.92. The molecule has 188 valence electrons. The largest absolute Gasteiger partial charge is 0.341 e. The second-order valence-corrected chi connectivity index (χ2v) is 9.28. The number of carbonyl (C=O) groups excluding carboxylic acids is 2. The van der Waals surface area contributed by atoms with Gasteiger partial charge in [0.1, 0.15) is 0 Å². The molecule has 1 aromatic heterocycles. The van der Waals surface area contributed by atoms with E-state index in [-0.39, 0.29) is 23.9 Å². The van der Waals surface area contributed by atoms with Crippen molar-refractivity contribution >= 4 is 46.0 Å². The maximum absolute atomic E-state index is 13.6. The Balaban J connectivity index is 1.45. The molecular formula is C28H26ClN5O3. The molecule has 1 N–H and O–H groups in total. The van der Waals surface area contributed by atoms with E-state index in [4.69, 9.17) is 16.6 Å². The molecule has 8 nitrogen and oxygen atoms in total. The van der Waals surface area contributed by atoms with Crippen LogP contribution >= 0.6 is 11.6 Å². The molecule has 0 bridgehead atoms. The summed E-state index contributed by atoms with van der Waals surface area (Å²) in [5.74, 6) is -0.111. The molecule has 3 aromatic carbocycles. The van der Waals surface area contributed by atoms with Gasteiger partial charge in [0.15, 0.2) is 0 Å². The van der Waals surface area contributed by atoms with Gasteiger partial charge in [-0.2, -0.15) is 4.68 Å². The molecule has 0 spiro atoms. The Hall–Kier alpha value is -4.17. The monoisotopic (exact) mass is 515 g/mol. The highest BCUT2D eigenvalue weighted by Gasteiger charge is 2.34. The number of nitrogens with zero attached hydrogens (tertiary/aromatic N) is 4. The average molecular weight is 516 g/mol. The van der Waals surface area contributed by atoms with E-state index in [1.165, 1.54) is 9.58 Å². The summed E-state index contributed by atoms with van der Waals surface area (Å²) in [7, 11) is 0. The first-order valence-electron chi connectivity index (χ1n) is 12.2. The van der Waals surface area contributed by atoms with Gasteiger partial charge in [-0.15, -0.1) is 0 Å². The molecule has 37 heavy (non-hydrogen) atoms. The minimum Gasteiger partial charge on any atom is -0.341 e. The lowest BCUT2D eigenvalue weighted by Crippen LogP contribution is -2.39. The number of rotatable bonds is 9. The van der Waals surface area contributed by atoms with Crippen LogP contribution in [-0.2, 0) is 0 Å². The molecule has 2 heterocycles. The minimum absolute atomic E-state index is 0.248. The molecule has 0 aliphatic carbocycles. The fraction of sp³-hybridized carbons (Fsp3) is 0.214. The Labute approximate surface area is 219 Å². The number of aromatic nitrogens is 2. The van der Waals surface area contributed by atoms with Crippen molar-refractivity contribution in [2.45, 2.75) is 19.8 Å². The van der Waals surface area contributed by atoms with Crippen molar-refractivity contribution in [3.63, 3.8) is 0 Å². The fourth-order valence-corrected chi connectivity index (χ4v) is 4.71. The number of benzene rings is 3. The molecule has 0 unspecified atom stereocenters. The van der Waals surface area contributed by atoms with Gasteiger partial charge in [0, 0.05) is 24.7 Å². The van der Waals surface area contributed by atoms with Crippen molar-refractivity contribution in [3.05, 3.63) is 99.3 Å². The summed E-state index contributed by atoms with van der Waals surface area (Å²) >= 11 is 6.21. The van der Waals surface area contributed by atoms with Crippen molar-refractivity contribution in [2.24, 2.45) is 0 Å². The average Bonchev–Trinajstić information content (AvgIpc) is 3.15. The molecule has 0 fully saturated rings. The van der Waals surface area contributed by atoms with Crippen LogP contribution in [0.3, 0.4) is 0 Å². The van der Waals surface area contributed by atoms with Gasteiger partial charge in [-0.05, 0) is 55.3 Å². The topological polar surface area (TPSA) is 87.5 Å². The van der Waals surface area contributed by atoms with Crippen LogP contribution in [0.1, 0.15) is 40.5 Å². The maximum Gasteiger partial charge on any atom is 0.281 e. The number of imide groups is 1. The van der Waals surface area contributed by atoms with Crippen LogP contribution in [0.5, 0.6) is 0 Å². The third-order valence-corrected chi connectivity index (χ3v) is 6.53. The van der Waals surface area contributed by atoms with Gasteiger partial charge in [-0.3, -0.25) is 24.7 Å². The number of carbonyl (C=O) groups is 2. The molecule has 2 amide bonds. The first kappa shape index (κ1) is 24.5. The zero-order chi connectivity index (χ0) is 25.9. The van der Waals surface area contributed by atoms with Crippen LogP contribution in [0, 0.1) is 0 Å². The molecule has 0 atom stereocenters. The zero-order valence-corrected chi connectivity index (χ0v) is 21.1. The summed E-state index contributed by atoms with van der Waals surface area (Å²) < 4.78 is 1.45. The number of hydrogen-bond donors (Lipinski definition) is 1. The van der Waals surface area contributed by atoms with Crippen molar-refractivity contribution < 1.29 is 9.59 Å². The van der Waals surface area contributed by atoms with Crippen LogP contribution in [0.15, 0.2) is 77.6 Å². The fourth-order valence-electron chi connectivity index (χ4n) is 4.55. The number of fused-ring (bicyclic) bond motifs is 2. The second-order valence-electron chi connectivity index (χ2n) is 8.84. The van der Waals surface area contributed by atoms with Crippen LogP contribution in [0.2, 0.25) is 5.02 Å². The smallest absolute Gasteiger partial charge is 0.281 e. The Morgan fingerprint density at radius 1 is 0.892 bits per heavy atom. The number of hydrogen-bond acceptors (Lipinski definition) is 6. The van der Waals surface area contributed by atoms with E-state index in [1.807, 2.05) is 42.2 Å². The van der Waals surface area contributed by atoms with E-state index >= 15 is 0 Å². The van der Waals surface area contributed by atoms with E-state index in [0.717, 1.165) is 12.1 Å². The van der Waals surface area contributed by atoms with Crippen molar-refractivity contribution in [2.75, 3.05) is 30.0 Å². The lowest BCUT2D eigenvalue weighted by Gasteiger charge is -2.27. The van der Waals surface area contributed by atoms with E-state index < -0.39 is 0 Å². The lowest BCUT2D eigenvalue weighted by molar-refractivity contribution is 0.0653. The Morgan fingerprint density at radius 2 is 1.57 bits per heavy atom. The quantitative estimate of drug-likeness (QED) is 0.321. The normalized spacial score (nSPS) is 12.8. The summed E-state index contributed by atoms with van der Waals surface area (Å²) in [6.45, 7) is 3.41. The number of amides is 2. The molecular weight excluding hydrogens is 490 g/mol. The molecule has 0 saturated heterocycles. The number of anilines is 2. The van der Waals surface area contributed by atoms with Crippen molar-refractivity contribution in [3.8, 4) is 0 Å². The molecule has 9 heteroatoms. The predicted molar refractivity (Wildman–Crippen MR) is 145 cm³/mol. The summed E-state index contributed by atoms with van der Waals surface area (Å²) in [5.41, 5.74) is 5.06. The number of nitrogens with one attached hydrogen (secondary N) is 1. The molecule has 1 aliphatic rings. The third kappa shape index (κ3) is 4.80. The summed E-state index contributed by atoms with van der Waals surface area (Å²) in [6, 6.07) is 21.3. The van der Waals surface area contributed by atoms with E-state index in [0.29, 0.717) is 52.5 Å². The zero-order valence-electron chi connectivity index (χ0n) is 20.4. The second kappa shape index (κ2) is 10.4. The van der Waals surface area contributed by atoms with Crippen LogP contribution < -0.4 is 15.9 Å².